The molecular weight excluding hydrogens is 328 g/mol. The first-order valence-electron chi connectivity index (χ1n) is 9.44. The van der Waals surface area contributed by atoms with Gasteiger partial charge in [0.25, 0.3) is 0 Å². The molecule has 6 heteroatoms. The monoisotopic (exact) mass is 362 g/mol. The van der Waals surface area contributed by atoms with Crippen LogP contribution in [-0.2, 0) is 11.3 Å². The lowest BCUT2D eigenvalue weighted by atomic mass is 10.0. The summed E-state index contributed by atoms with van der Waals surface area (Å²) in [5.41, 5.74) is 2.37. The molecule has 26 heavy (non-hydrogen) atoms. The molecule has 1 aliphatic heterocycles. The minimum atomic E-state index is 0.0481. The molecule has 146 valence electrons. The Bertz CT molecular complexity index is 595. The molecule has 0 bridgehead atoms. The van der Waals surface area contributed by atoms with Crippen LogP contribution >= 0.6 is 0 Å². The summed E-state index contributed by atoms with van der Waals surface area (Å²) in [5.74, 6) is 1.72. The highest BCUT2D eigenvalue weighted by Gasteiger charge is 2.28. The van der Waals surface area contributed by atoms with Crippen molar-refractivity contribution < 1.29 is 9.47 Å². The second kappa shape index (κ2) is 9.78. The summed E-state index contributed by atoms with van der Waals surface area (Å²) in [6.07, 6.45) is 0. The number of aliphatic imine (C=N–C) groups is 1. The van der Waals surface area contributed by atoms with Crippen molar-refractivity contribution in [2.24, 2.45) is 4.99 Å². The zero-order valence-corrected chi connectivity index (χ0v) is 16.9. The second-order valence-electron chi connectivity index (χ2n) is 7.32. The number of rotatable bonds is 7. The molecule has 1 aromatic carbocycles. The molecule has 1 fully saturated rings. The summed E-state index contributed by atoms with van der Waals surface area (Å²) in [6, 6.07) is 6.21. The lowest BCUT2D eigenvalue weighted by molar-refractivity contribution is -0.00834. The van der Waals surface area contributed by atoms with Gasteiger partial charge >= 0.3 is 0 Å². The molecular formula is C20H34N4O2. The number of nitrogens with zero attached hydrogens (tertiary/aromatic N) is 2. The van der Waals surface area contributed by atoms with Gasteiger partial charge in [0.15, 0.2) is 5.96 Å². The van der Waals surface area contributed by atoms with Crippen LogP contribution in [0.25, 0.3) is 0 Å². The minimum Gasteiger partial charge on any atom is -0.497 e. The Kier molecular flexibility index (Phi) is 7.72. The third kappa shape index (κ3) is 6.18. The van der Waals surface area contributed by atoms with Crippen molar-refractivity contribution in [3.63, 3.8) is 0 Å². The molecule has 1 aliphatic rings. The average molecular weight is 363 g/mol. The molecule has 0 radical (unpaired) electrons. The van der Waals surface area contributed by atoms with Crippen LogP contribution in [-0.4, -0.2) is 62.9 Å². The molecule has 1 heterocycles. The Morgan fingerprint density at radius 3 is 2.62 bits per heavy atom. The van der Waals surface area contributed by atoms with Gasteiger partial charge < -0.3 is 20.1 Å². The predicted molar refractivity (Wildman–Crippen MR) is 107 cm³/mol. The summed E-state index contributed by atoms with van der Waals surface area (Å²) in [4.78, 5) is 7.21. The van der Waals surface area contributed by atoms with Gasteiger partial charge in [-0.1, -0.05) is 6.07 Å². The maximum atomic E-state index is 5.47. The van der Waals surface area contributed by atoms with E-state index < -0.39 is 0 Å². The molecule has 1 saturated heterocycles. The van der Waals surface area contributed by atoms with Gasteiger partial charge in [-0.05, 0) is 51.0 Å². The largest absolute Gasteiger partial charge is 0.497 e. The summed E-state index contributed by atoms with van der Waals surface area (Å²) in [6.45, 7) is 14.5. The van der Waals surface area contributed by atoms with Crippen molar-refractivity contribution in [2.75, 3.05) is 46.5 Å². The van der Waals surface area contributed by atoms with Gasteiger partial charge in [0.05, 0.1) is 26.9 Å². The molecule has 6 nitrogen and oxygen atoms in total. The van der Waals surface area contributed by atoms with E-state index in [2.05, 4.69) is 49.3 Å². The quantitative estimate of drug-likeness (QED) is 0.575. The van der Waals surface area contributed by atoms with Gasteiger partial charge in [-0.3, -0.25) is 4.90 Å². The van der Waals surface area contributed by atoms with E-state index >= 15 is 0 Å². The van der Waals surface area contributed by atoms with Gasteiger partial charge in [-0.15, -0.1) is 0 Å². The first kappa shape index (κ1) is 20.5. The third-order valence-corrected chi connectivity index (χ3v) is 4.67. The maximum absolute atomic E-state index is 5.47. The van der Waals surface area contributed by atoms with Gasteiger partial charge in [-0.2, -0.15) is 0 Å². The topological polar surface area (TPSA) is 58.1 Å². The molecule has 1 aromatic rings. The van der Waals surface area contributed by atoms with E-state index in [-0.39, 0.29) is 5.54 Å². The van der Waals surface area contributed by atoms with Crippen LogP contribution in [0, 0.1) is 6.92 Å². The minimum absolute atomic E-state index is 0.0481. The first-order chi connectivity index (χ1) is 12.4. The van der Waals surface area contributed by atoms with Crippen LogP contribution in [0.3, 0.4) is 0 Å². The van der Waals surface area contributed by atoms with Crippen molar-refractivity contribution in [1.82, 2.24) is 15.5 Å². The Morgan fingerprint density at radius 1 is 1.23 bits per heavy atom. The van der Waals surface area contributed by atoms with Gasteiger partial charge in [0.2, 0.25) is 0 Å². The Balaban J connectivity index is 1.98. The van der Waals surface area contributed by atoms with Crippen LogP contribution < -0.4 is 15.4 Å². The predicted octanol–water partition coefficient (Wildman–Crippen LogP) is 2.17. The van der Waals surface area contributed by atoms with Crippen molar-refractivity contribution in [2.45, 2.75) is 39.8 Å². The fourth-order valence-corrected chi connectivity index (χ4v) is 3.13. The molecule has 0 unspecified atom stereocenters. The standard InChI is InChI=1S/C20H34N4O2/c1-6-21-19(22-14-17-11-16(2)12-18(13-17)25-5)23-15-20(3,4)24-7-9-26-10-8-24/h11-13H,6-10,14-15H2,1-5H3,(H2,21,22,23). The zero-order chi connectivity index (χ0) is 19.0. The van der Waals surface area contributed by atoms with E-state index in [1.54, 1.807) is 7.11 Å². The lowest BCUT2D eigenvalue weighted by Crippen LogP contribution is -2.56. The number of hydrogen-bond donors (Lipinski definition) is 2. The third-order valence-electron chi connectivity index (χ3n) is 4.67. The van der Waals surface area contributed by atoms with Crippen molar-refractivity contribution in [3.05, 3.63) is 29.3 Å². The highest BCUT2D eigenvalue weighted by molar-refractivity contribution is 5.79. The Morgan fingerprint density at radius 2 is 1.96 bits per heavy atom. The van der Waals surface area contributed by atoms with Crippen LogP contribution in [0.5, 0.6) is 5.75 Å². The summed E-state index contributed by atoms with van der Waals surface area (Å²) in [7, 11) is 1.70. The summed E-state index contributed by atoms with van der Waals surface area (Å²) < 4.78 is 10.8. The van der Waals surface area contributed by atoms with E-state index in [1.807, 2.05) is 12.1 Å². The molecule has 0 amide bonds. The molecule has 2 rings (SSSR count). The molecule has 0 aliphatic carbocycles. The lowest BCUT2D eigenvalue weighted by Gasteiger charge is -2.41. The zero-order valence-electron chi connectivity index (χ0n) is 16.9. The SMILES string of the molecule is CCNC(=NCc1cc(C)cc(OC)c1)NCC(C)(C)N1CCOCC1. The fraction of sp³-hybridized carbons (Fsp3) is 0.650. The number of nitrogens with one attached hydrogen (secondary N) is 2. The van der Waals surface area contributed by atoms with Crippen LogP contribution in [0.15, 0.2) is 23.2 Å². The molecule has 0 saturated carbocycles. The van der Waals surface area contributed by atoms with Crippen LogP contribution in [0.1, 0.15) is 31.9 Å². The smallest absolute Gasteiger partial charge is 0.191 e. The number of methoxy groups -OCH3 is 1. The fourth-order valence-electron chi connectivity index (χ4n) is 3.13. The highest BCUT2D eigenvalue weighted by atomic mass is 16.5. The number of aryl methyl sites for hydroxylation is 1. The van der Waals surface area contributed by atoms with E-state index in [0.29, 0.717) is 6.54 Å². The normalized spacial score (nSPS) is 16.4. The van der Waals surface area contributed by atoms with Crippen LogP contribution in [0.2, 0.25) is 0 Å². The van der Waals surface area contributed by atoms with Gasteiger partial charge in [0, 0.05) is 31.7 Å². The Hall–Kier alpha value is -1.79. The summed E-state index contributed by atoms with van der Waals surface area (Å²) in [5, 5.41) is 6.83. The molecule has 0 aromatic heterocycles. The number of hydrogen-bond acceptors (Lipinski definition) is 4. The number of guanidine groups is 1. The number of morpholine rings is 1. The maximum Gasteiger partial charge on any atom is 0.191 e. The van der Waals surface area contributed by atoms with Crippen molar-refractivity contribution >= 4 is 5.96 Å². The molecule has 2 N–H and O–H groups in total. The van der Waals surface area contributed by atoms with Gasteiger partial charge in [0.1, 0.15) is 5.75 Å². The van der Waals surface area contributed by atoms with Crippen LogP contribution in [0.4, 0.5) is 0 Å². The van der Waals surface area contributed by atoms with Crippen molar-refractivity contribution in [3.8, 4) is 5.75 Å². The van der Waals surface area contributed by atoms with Gasteiger partial charge in [-0.25, -0.2) is 4.99 Å². The first-order valence-corrected chi connectivity index (χ1v) is 9.44. The van der Waals surface area contributed by atoms with E-state index in [4.69, 9.17) is 14.5 Å². The molecule has 0 atom stereocenters. The number of ether oxygens (including phenoxy) is 2. The van der Waals surface area contributed by atoms with Crippen molar-refractivity contribution in [1.29, 1.82) is 0 Å². The Labute approximate surface area is 158 Å². The summed E-state index contributed by atoms with van der Waals surface area (Å²) >= 11 is 0. The average Bonchev–Trinajstić information content (AvgIpc) is 2.64. The van der Waals surface area contributed by atoms with E-state index in [9.17, 15) is 0 Å². The van der Waals surface area contributed by atoms with E-state index in [0.717, 1.165) is 56.7 Å². The highest BCUT2D eigenvalue weighted by Crippen LogP contribution is 2.17. The van der Waals surface area contributed by atoms with E-state index in [1.165, 1.54) is 5.56 Å². The molecule has 0 spiro atoms. The second-order valence-corrected chi connectivity index (χ2v) is 7.32. The number of benzene rings is 1.